The maximum Gasteiger partial charge on any atom is 0.573 e. The summed E-state index contributed by atoms with van der Waals surface area (Å²) in [6.45, 7) is 0.586. The normalized spacial score (nSPS) is 18.5. The van der Waals surface area contributed by atoms with Crippen molar-refractivity contribution < 1.29 is 27.5 Å². The van der Waals surface area contributed by atoms with Crippen LogP contribution in [0.25, 0.3) is 11.3 Å². The molecule has 0 radical (unpaired) electrons. The van der Waals surface area contributed by atoms with Crippen molar-refractivity contribution in [3.8, 4) is 17.0 Å². The Morgan fingerprint density at radius 1 is 1.08 bits per heavy atom. The van der Waals surface area contributed by atoms with E-state index in [0.717, 1.165) is 12.8 Å². The number of nitrogens with two attached hydrogens (primary N) is 2. The first-order valence-corrected chi connectivity index (χ1v) is 12.4. The van der Waals surface area contributed by atoms with Gasteiger partial charge in [0.15, 0.2) is 0 Å². The van der Waals surface area contributed by atoms with Crippen LogP contribution < -0.4 is 21.5 Å². The van der Waals surface area contributed by atoms with Gasteiger partial charge < -0.3 is 26.5 Å². The van der Waals surface area contributed by atoms with Crippen molar-refractivity contribution >= 4 is 11.8 Å². The molecule has 1 atom stereocenters. The van der Waals surface area contributed by atoms with Gasteiger partial charge in [-0.25, -0.2) is 4.98 Å². The summed E-state index contributed by atoms with van der Waals surface area (Å²) in [6, 6.07) is 11.6. The molecule has 1 aliphatic rings. The second-order valence-electron chi connectivity index (χ2n) is 9.49. The molecule has 0 bridgehead atoms. The molecule has 2 amide bonds. The number of nitrogens with zero attached hydrogens (tertiary/aromatic N) is 1. The van der Waals surface area contributed by atoms with Crippen LogP contribution in [0, 0.1) is 11.8 Å². The van der Waals surface area contributed by atoms with Crippen LogP contribution in [0.4, 0.5) is 13.2 Å². The first-order valence-electron chi connectivity index (χ1n) is 12.4. The van der Waals surface area contributed by atoms with Crippen LogP contribution in [-0.4, -0.2) is 34.7 Å². The van der Waals surface area contributed by atoms with Gasteiger partial charge >= 0.3 is 6.36 Å². The average Bonchev–Trinajstić information content (AvgIpc) is 3.39. The number of amides is 2. The van der Waals surface area contributed by atoms with Crippen LogP contribution in [0.1, 0.15) is 53.5 Å². The molecule has 4 rings (SSSR count). The fourth-order valence-corrected chi connectivity index (χ4v) is 4.75. The summed E-state index contributed by atoms with van der Waals surface area (Å²) in [7, 11) is 0. The molecule has 1 unspecified atom stereocenters. The fourth-order valence-electron chi connectivity index (χ4n) is 4.75. The van der Waals surface area contributed by atoms with Gasteiger partial charge in [0.1, 0.15) is 11.6 Å². The molecule has 1 aliphatic carbocycles. The molecule has 1 heterocycles. The van der Waals surface area contributed by atoms with E-state index in [1.54, 1.807) is 36.5 Å². The van der Waals surface area contributed by atoms with Crippen molar-refractivity contribution in [2.24, 2.45) is 23.3 Å². The zero-order chi connectivity index (χ0) is 27.3. The van der Waals surface area contributed by atoms with Crippen LogP contribution in [0.15, 0.2) is 54.7 Å². The van der Waals surface area contributed by atoms with E-state index in [1.807, 2.05) is 0 Å². The largest absolute Gasteiger partial charge is 0.573 e. The highest BCUT2D eigenvalue weighted by Gasteiger charge is 2.33. The van der Waals surface area contributed by atoms with E-state index < -0.39 is 18.3 Å². The lowest BCUT2D eigenvalue weighted by Crippen LogP contribution is -2.37. The quantitative estimate of drug-likeness (QED) is 0.329. The highest BCUT2D eigenvalue weighted by atomic mass is 19.4. The SMILES string of the molecule is NCC1CCC(C(=O)NC(Cc2ccccc2OC(F)(F)F)c2nc(-c3ccc(C(N)=O)cc3)c[nH]2)CC1. The summed E-state index contributed by atoms with van der Waals surface area (Å²) in [6.07, 6.45) is -0.0948. The Kier molecular flexibility index (Phi) is 8.35. The summed E-state index contributed by atoms with van der Waals surface area (Å²) in [4.78, 5) is 32.3. The number of primary amides is 1. The maximum absolute atomic E-state index is 13.2. The summed E-state index contributed by atoms with van der Waals surface area (Å²) >= 11 is 0. The highest BCUT2D eigenvalue weighted by molar-refractivity contribution is 5.93. The molecule has 0 spiro atoms. The molecule has 1 aromatic heterocycles. The summed E-state index contributed by atoms with van der Waals surface area (Å²) < 4.78 is 43.3. The Labute approximate surface area is 218 Å². The van der Waals surface area contributed by atoms with Crippen molar-refractivity contribution in [1.82, 2.24) is 15.3 Å². The third kappa shape index (κ3) is 6.91. The van der Waals surface area contributed by atoms with Gasteiger partial charge in [-0.15, -0.1) is 13.2 Å². The van der Waals surface area contributed by atoms with Crippen LogP contribution in [-0.2, 0) is 11.2 Å². The van der Waals surface area contributed by atoms with E-state index in [4.69, 9.17) is 11.5 Å². The standard InChI is InChI=1S/C27H30F3N5O3/c28-27(29,30)38-23-4-2-1-3-20(23)13-21(35-26(37)19-7-5-16(14-31)6-8-19)25-33-15-22(34-25)17-9-11-18(12-10-17)24(32)36/h1-4,9-12,15-16,19,21H,5-8,13-14,31H2,(H2,32,36)(H,33,34)(H,35,37). The number of aromatic amines is 1. The van der Waals surface area contributed by atoms with Gasteiger partial charge in [-0.3, -0.25) is 9.59 Å². The van der Waals surface area contributed by atoms with Gasteiger partial charge in [0.25, 0.3) is 0 Å². The minimum Gasteiger partial charge on any atom is -0.406 e. The molecular formula is C27H30F3N5O3. The van der Waals surface area contributed by atoms with E-state index in [1.165, 1.54) is 18.2 Å². The van der Waals surface area contributed by atoms with Crippen molar-refractivity contribution in [3.05, 3.63) is 71.7 Å². The lowest BCUT2D eigenvalue weighted by Gasteiger charge is -2.28. The minimum absolute atomic E-state index is 0.0176. The second-order valence-corrected chi connectivity index (χ2v) is 9.49. The van der Waals surface area contributed by atoms with E-state index in [9.17, 15) is 22.8 Å². The summed E-state index contributed by atoms with van der Waals surface area (Å²) in [5.74, 6) is -0.500. The van der Waals surface area contributed by atoms with Crippen LogP contribution >= 0.6 is 0 Å². The number of rotatable bonds is 9. The number of benzene rings is 2. The Balaban J connectivity index is 1.59. The predicted molar refractivity (Wildman–Crippen MR) is 135 cm³/mol. The van der Waals surface area contributed by atoms with Crippen molar-refractivity contribution in [3.63, 3.8) is 0 Å². The number of hydrogen-bond acceptors (Lipinski definition) is 5. The fraction of sp³-hybridized carbons (Fsp3) is 0.370. The van der Waals surface area contributed by atoms with Crippen molar-refractivity contribution in [1.29, 1.82) is 0 Å². The molecule has 11 heteroatoms. The van der Waals surface area contributed by atoms with Gasteiger partial charge in [-0.2, -0.15) is 0 Å². The third-order valence-electron chi connectivity index (χ3n) is 6.88. The number of hydrogen-bond donors (Lipinski definition) is 4. The van der Waals surface area contributed by atoms with Crippen molar-refractivity contribution in [2.75, 3.05) is 6.54 Å². The lowest BCUT2D eigenvalue weighted by atomic mass is 9.81. The molecule has 6 N–H and O–H groups in total. The first kappa shape index (κ1) is 27.2. The zero-order valence-corrected chi connectivity index (χ0v) is 20.6. The summed E-state index contributed by atoms with van der Waals surface area (Å²) in [5.41, 5.74) is 12.9. The highest BCUT2D eigenvalue weighted by Crippen LogP contribution is 2.32. The van der Waals surface area contributed by atoms with Crippen molar-refractivity contribution in [2.45, 2.75) is 44.5 Å². The topological polar surface area (TPSA) is 136 Å². The average molecular weight is 530 g/mol. The Morgan fingerprint density at radius 3 is 2.39 bits per heavy atom. The molecular weight excluding hydrogens is 499 g/mol. The molecule has 8 nitrogen and oxygen atoms in total. The predicted octanol–water partition coefficient (Wildman–Crippen LogP) is 4.24. The van der Waals surface area contributed by atoms with Gasteiger partial charge in [-0.1, -0.05) is 30.3 Å². The molecule has 2 aromatic carbocycles. The number of carbonyl (C=O) groups is 2. The maximum atomic E-state index is 13.2. The smallest absolute Gasteiger partial charge is 0.406 e. The van der Waals surface area contributed by atoms with Gasteiger partial charge in [0.05, 0.1) is 11.7 Å². The third-order valence-corrected chi connectivity index (χ3v) is 6.88. The number of ether oxygens (including phenoxy) is 1. The minimum atomic E-state index is -4.86. The monoisotopic (exact) mass is 529 g/mol. The molecule has 1 saturated carbocycles. The Bertz CT molecular complexity index is 1250. The first-order chi connectivity index (χ1) is 18.1. The number of imidazole rings is 1. The molecule has 3 aromatic rings. The number of H-pyrrole nitrogens is 1. The number of aromatic nitrogens is 2. The number of alkyl halides is 3. The molecule has 202 valence electrons. The number of para-hydroxylation sites is 1. The van der Waals surface area contributed by atoms with Gasteiger partial charge in [0, 0.05) is 29.7 Å². The second kappa shape index (κ2) is 11.7. The van der Waals surface area contributed by atoms with Gasteiger partial charge in [0.2, 0.25) is 11.8 Å². The van der Waals surface area contributed by atoms with Crippen LogP contribution in [0.2, 0.25) is 0 Å². The van der Waals surface area contributed by atoms with Crippen LogP contribution in [0.5, 0.6) is 5.75 Å². The van der Waals surface area contributed by atoms with E-state index >= 15 is 0 Å². The zero-order valence-electron chi connectivity index (χ0n) is 20.6. The lowest BCUT2D eigenvalue weighted by molar-refractivity contribution is -0.274. The van der Waals surface area contributed by atoms with E-state index in [0.29, 0.717) is 47.9 Å². The van der Waals surface area contributed by atoms with E-state index in [2.05, 4.69) is 20.0 Å². The molecule has 0 aliphatic heterocycles. The van der Waals surface area contributed by atoms with Gasteiger partial charge in [-0.05, 0) is 61.9 Å². The Morgan fingerprint density at radius 2 is 1.76 bits per heavy atom. The molecule has 38 heavy (non-hydrogen) atoms. The number of halogens is 3. The van der Waals surface area contributed by atoms with Crippen LogP contribution in [0.3, 0.4) is 0 Å². The number of carbonyl (C=O) groups excluding carboxylic acids is 2. The Hall–Kier alpha value is -3.86. The number of nitrogens with one attached hydrogen (secondary N) is 2. The summed E-state index contributed by atoms with van der Waals surface area (Å²) in [5, 5.41) is 3.00. The molecule has 0 saturated heterocycles. The van der Waals surface area contributed by atoms with E-state index in [-0.39, 0.29) is 29.6 Å². The molecule has 1 fully saturated rings.